The van der Waals surface area contributed by atoms with E-state index in [1.807, 2.05) is 7.11 Å². The third kappa shape index (κ3) is 4.95. The molecule has 3 aromatic rings. The van der Waals surface area contributed by atoms with E-state index in [0.29, 0.717) is 11.6 Å². The highest BCUT2D eigenvalue weighted by molar-refractivity contribution is 7.99. The Kier molecular flexibility index (Phi) is 8.56. The molecule has 7 heterocycles. The predicted octanol–water partition coefficient (Wildman–Crippen LogP) is 5.32. The van der Waals surface area contributed by atoms with Gasteiger partial charge in [0.2, 0.25) is 0 Å². The Labute approximate surface area is 328 Å². The Morgan fingerprint density at radius 3 is 2.76 bits per heavy atom. The van der Waals surface area contributed by atoms with Crippen molar-refractivity contribution < 1.29 is 29.2 Å². The molecule has 1 saturated carbocycles. The van der Waals surface area contributed by atoms with Crippen LogP contribution in [0.2, 0.25) is 0 Å². The first-order valence-corrected chi connectivity index (χ1v) is 21.8. The van der Waals surface area contributed by atoms with Gasteiger partial charge in [-0.15, -0.1) is 11.8 Å². The van der Waals surface area contributed by atoms with Crippen LogP contribution in [0.1, 0.15) is 75.3 Å². The first kappa shape index (κ1) is 36.3. The Morgan fingerprint density at radius 2 is 1.98 bits per heavy atom. The number of nitrogens with zero attached hydrogens (tertiary/aromatic N) is 3. The van der Waals surface area contributed by atoms with Crippen molar-refractivity contribution in [3.63, 3.8) is 0 Å². The molecule has 294 valence electrons. The fourth-order valence-corrected chi connectivity index (χ4v) is 13.7. The maximum Gasteiger partial charge on any atom is 0.303 e. The summed E-state index contributed by atoms with van der Waals surface area (Å²) in [6.45, 7) is 10.5. The van der Waals surface area contributed by atoms with Crippen LogP contribution in [-0.4, -0.2) is 119 Å². The number of carbonyl (C=O) groups is 1. The van der Waals surface area contributed by atoms with Crippen LogP contribution < -0.4 is 9.64 Å². The van der Waals surface area contributed by atoms with Gasteiger partial charge in [0.05, 0.1) is 30.6 Å². The van der Waals surface area contributed by atoms with Crippen molar-refractivity contribution in [2.45, 2.75) is 99.7 Å². The van der Waals surface area contributed by atoms with Gasteiger partial charge in [-0.1, -0.05) is 44.2 Å². The Morgan fingerprint density at radius 1 is 1.13 bits per heavy atom. The lowest BCUT2D eigenvalue weighted by molar-refractivity contribution is -0.152. The van der Waals surface area contributed by atoms with Crippen LogP contribution in [0.15, 0.2) is 48.6 Å². The summed E-state index contributed by atoms with van der Waals surface area (Å²) in [4.78, 5) is 24.3. The summed E-state index contributed by atoms with van der Waals surface area (Å²) in [5.41, 5.74) is 5.31. The smallest absolute Gasteiger partial charge is 0.303 e. The Balaban J connectivity index is 1.21. The maximum absolute atomic E-state index is 12.7. The lowest BCUT2D eigenvalue weighted by atomic mass is 9.58. The summed E-state index contributed by atoms with van der Waals surface area (Å²) < 4.78 is 19.9. The third-order valence-electron chi connectivity index (χ3n) is 15.0. The number of hydrogen-bond acceptors (Lipinski definition) is 10. The number of para-hydroxylation sites is 1. The quantitative estimate of drug-likeness (QED) is 0.114. The first-order valence-electron chi connectivity index (χ1n) is 20.7. The summed E-state index contributed by atoms with van der Waals surface area (Å²) in [5.74, 6) is 2.16. The van der Waals surface area contributed by atoms with Gasteiger partial charge in [-0.3, -0.25) is 14.6 Å². The average molecular weight is 769 g/mol. The second kappa shape index (κ2) is 13.0. The molecule has 7 aliphatic rings. The molecule has 55 heavy (non-hydrogen) atoms. The van der Waals surface area contributed by atoms with Gasteiger partial charge in [0.1, 0.15) is 18.0 Å². The molecule has 1 aromatic heterocycles. The number of nitrogens with one attached hydrogen (secondary N) is 1. The zero-order valence-corrected chi connectivity index (χ0v) is 33.5. The number of aliphatic hydroxyl groups excluding tert-OH is 1. The van der Waals surface area contributed by atoms with E-state index >= 15 is 0 Å². The van der Waals surface area contributed by atoms with Crippen molar-refractivity contribution >= 4 is 34.3 Å². The van der Waals surface area contributed by atoms with Gasteiger partial charge >= 0.3 is 5.97 Å². The van der Waals surface area contributed by atoms with Gasteiger partial charge < -0.3 is 34.3 Å². The van der Waals surface area contributed by atoms with Crippen molar-refractivity contribution in [2.24, 2.45) is 11.8 Å². The number of benzene rings is 2. The van der Waals surface area contributed by atoms with Crippen molar-refractivity contribution in [3.05, 3.63) is 70.9 Å². The summed E-state index contributed by atoms with van der Waals surface area (Å²) >= 11 is 1.71. The molecule has 10 nitrogen and oxygen atoms in total. The molecule has 0 amide bonds. The Bertz CT molecular complexity index is 2050. The van der Waals surface area contributed by atoms with Crippen LogP contribution in [0.4, 0.5) is 5.69 Å². The summed E-state index contributed by atoms with van der Waals surface area (Å²) in [7, 11) is 1.81. The topological polar surface area (TPSA) is 114 Å². The molecule has 3 N–H and O–H groups in total. The van der Waals surface area contributed by atoms with Crippen LogP contribution in [0, 0.1) is 11.8 Å². The molecular formula is C44H56N4O6S. The number of fused-ring (bicyclic) bond motifs is 6. The number of methoxy groups -OCH3 is 1. The molecule has 10 rings (SSSR count). The van der Waals surface area contributed by atoms with Crippen molar-refractivity contribution in [3.8, 4) is 5.75 Å². The average Bonchev–Trinajstić information content (AvgIpc) is 3.52. The zero-order chi connectivity index (χ0) is 37.9. The molecule has 11 heteroatoms. The second-order valence-corrected chi connectivity index (χ2v) is 18.6. The number of ether oxygens (including phenoxy) is 3. The number of rotatable bonds is 9. The van der Waals surface area contributed by atoms with E-state index in [0.717, 1.165) is 82.7 Å². The fourth-order valence-electron chi connectivity index (χ4n) is 12.9. The van der Waals surface area contributed by atoms with Gasteiger partial charge in [-0.2, -0.15) is 0 Å². The van der Waals surface area contributed by atoms with Gasteiger partial charge in [0.25, 0.3) is 0 Å². The van der Waals surface area contributed by atoms with Gasteiger partial charge in [-0.05, 0) is 74.2 Å². The number of H-pyrrole nitrogens is 1. The summed E-state index contributed by atoms with van der Waals surface area (Å²) in [5, 5.41) is 23.1. The van der Waals surface area contributed by atoms with E-state index in [2.05, 4.69) is 82.1 Å². The van der Waals surface area contributed by atoms with Crippen LogP contribution >= 0.6 is 11.8 Å². The van der Waals surface area contributed by atoms with E-state index in [1.165, 1.54) is 40.2 Å². The first-order chi connectivity index (χ1) is 26.7. The number of aromatic nitrogens is 1. The van der Waals surface area contributed by atoms with E-state index in [4.69, 9.17) is 14.2 Å². The van der Waals surface area contributed by atoms with Crippen LogP contribution in [0.3, 0.4) is 0 Å². The monoisotopic (exact) mass is 768 g/mol. The maximum atomic E-state index is 12.7. The van der Waals surface area contributed by atoms with Crippen LogP contribution in [-0.2, 0) is 31.5 Å². The highest BCUT2D eigenvalue weighted by Gasteiger charge is 2.86. The number of epoxide rings is 1. The lowest BCUT2D eigenvalue weighted by Crippen LogP contribution is -2.66. The molecule has 1 aliphatic carbocycles. The summed E-state index contributed by atoms with van der Waals surface area (Å²) in [6, 6.07) is 13.7. The van der Waals surface area contributed by atoms with E-state index in [1.54, 1.807) is 11.8 Å². The number of carbonyl (C=O) groups excluding carboxylic acids is 1. The van der Waals surface area contributed by atoms with E-state index in [-0.39, 0.29) is 48.1 Å². The van der Waals surface area contributed by atoms with Gasteiger partial charge in [0.15, 0.2) is 5.72 Å². The second-order valence-electron chi connectivity index (χ2n) is 17.5. The number of piperidine rings is 1. The Hall–Kier alpha value is -3.06. The molecule has 10 atom stereocenters. The number of anilines is 1. The lowest BCUT2D eigenvalue weighted by Gasteiger charge is -2.50. The number of aliphatic hydroxyl groups is 2. The zero-order valence-electron chi connectivity index (χ0n) is 32.7. The highest BCUT2D eigenvalue weighted by atomic mass is 32.2. The SMILES string of the molecule is CCC1(O)CC2CN(CCc3c([nH]c4ccccc34)[C@@](CC)(c3cc4c(cc3OC)N(CSCCO)C35OC3C(OC(C)=O)C3C=CCN6CCC45C36)C2)C1. The molecule has 3 saturated heterocycles. The molecule has 2 aromatic carbocycles. The van der Waals surface area contributed by atoms with Crippen molar-refractivity contribution in [1.82, 2.24) is 14.8 Å². The molecule has 9 unspecified atom stereocenters. The van der Waals surface area contributed by atoms with Gasteiger partial charge in [0, 0.05) is 90.1 Å². The van der Waals surface area contributed by atoms with E-state index in [9.17, 15) is 15.0 Å². The standard InChI is InChI=1S/C44H56N4O6S/c1-5-41(51)22-28-23-42(6-2,38-30(13-16-46(24-28)25-41)29-10-7-8-12-34(29)45-38)33-20-32-35(21-36(33)52-4)48(26-55-19-18-49)44-40(54-44)37(53-27(3)50)31-11-9-15-47-17-14-43(32,44)39(31)47/h7-12,20-21,28,31,37,39-40,45,49,51H,5-6,13-19,22-26H2,1-4H3/t28?,31?,37?,39?,40?,41?,42-,43?,44?/m1/s1. The van der Waals surface area contributed by atoms with E-state index < -0.39 is 16.7 Å². The largest absolute Gasteiger partial charge is 0.496 e. The van der Waals surface area contributed by atoms with Crippen molar-refractivity contribution in [1.29, 1.82) is 0 Å². The van der Waals surface area contributed by atoms with Gasteiger partial charge in [-0.25, -0.2) is 0 Å². The number of esters is 1. The molecule has 6 aliphatic heterocycles. The normalized spacial score (nSPS) is 38.3. The predicted molar refractivity (Wildman–Crippen MR) is 215 cm³/mol. The fraction of sp³-hybridized carbons (Fsp3) is 0.614. The van der Waals surface area contributed by atoms with Crippen LogP contribution in [0.25, 0.3) is 10.9 Å². The molecule has 0 radical (unpaired) electrons. The highest BCUT2D eigenvalue weighted by Crippen LogP contribution is 2.73. The molecule has 2 spiro atoms. The minimum Gasteiger partial charge on any atom is -0.496 e. The third-order valence-corrected chi connectivity index (χ3v) is 16.0. The number of thioether (sulfide) groups is 1. The minimum atomic E-state index is -0.710. The summed E-state index contributed by atoms with van der Waals surface area (Å²) in [6.07, 6.45) is 9.02. The minimum absolute atomic E-state index is 0.00881. The number of hydrogen-bond donors (Lipinski definition) is 3. The van der Waals surface area contributed by atoms with Crippen molar-refractivity contribution in [2.75, 3.05) is 63.0 Å². The molecular weight excluding hydrogens is 713 g/mol. The molecule has 2 bridgehead atoms. The number of aromatic amines is 1. The van der Waals surface area contributed by atoms with Crippen LogP contribution in [0.5, 0.6) is 5.75 Å². The molecule has 4 fully saturated rings.